The molecular formula is C20H23FN4O5S. The van der Waals surface area contributed by atoms with Crippen LogP contribution >= 0.6 is 0 Å². The van der Waals surface area contributed by atoms with Gasteiger partial charge < -0.3 is 10.2 Å². The Morgan fingerprint density at radius 2 is 1.84 bits per heavy atom. The van der Waals surface area contributed by atoms with Crippen LogP contribution in [-0.4, -0.2) is 61.2 Å². The van der Waals surface area contributed by atoms with E-state index in [1.165, 1.54) is 40.7 Å². The van der Waals surface area contributed by atoms with E-state index in [1.807, 2.05) is 4.90 Å². The Balaban J connectivity index is 1.50. The van der Waals surface area contributed by atoms with E-state index in [0.29, 0.717) is 30.9 Å². The molecule has 1 aliphatic rings. The number of carbonyl (C=O) groups excluding carboxylic acids is 1. The van der Waals surface area contributed by atoms with Crippen LogP contribution in [0, 0.1) is 22.9 Å². The summed E-state index contributed by atoms with van der Waals surface area (Å²) in [6.45, 7) is 3.39. The van der Waals surface area contributed by atoms with E-state index in [2.05, 4.69) is 5.32 Å². The molecule has 0 aliphatic carbocycles. The van der Waals surface area contributed by atoms with E-state index in [-0.39, 0.29) is 36.0 Å². The Labute approximate surface area is 179 Å². The van der Waals surface area contributed by atoms with Gasteiger partial charge in [0.25, 0.3) is 5.69 Å². The van der Waals surface area contributed by atoms with E-state index in [9.17, 15) is 27.7 Å². The molecule has 1 aliphatic heterocycles. The van der Waals surface area contributed by atoms with Gasteiger partial charge in [0.1, 0.15) is 10.7 Å². The zero-order valence-corrected chi connectivity index (χ0v) is 17.8. The number of hydrogen-bond acceptors (Lipinski definition) is 6. The Morgan fingerprint density at radius 3 is 2.45 bits per heavy atom. The number of nitro benzene ring substituents is 1. The number of non-ortho nitro benzene ring substituents is 1. The van der Waals surface area contributed by atoms with Gasteiger partial charge in [-0.2, -0.15) is 4.31 Å². The molecule has 11 heteroatoms. The molecule has 1 saturated heterocycles. The number of nitrogens with zero attached hydrogens (tertiary/aromatic N) is 3. The van der Waals surface area contributed by atoms with Crippen LogP contribution in [0.1, 0.15) is 12.0 Å². The molecule has 31 heavy (non-hydrogen) atoms. The van der Waals surface area contributed by atoms with E-state index < -0.39 is 20.8 Å². The lowest BCUT2D eigenvalue weighted by Crippen LogP contribution is -2.49. The highest BCUT2D eigenvalue weighted by Gasteiger charge is 2.30. The summed E-state index contributed by atoms with van der Waals surface area (Å²) in [6, 6.07) is 9.52. The fourth-order valence-corrected chi connectivity index (χ4v) is 4.85. The molecule has 9 nitrogen and oxygen atoms in total. The largest absolute Gasteiger partial charge is 0.326 e. The summed E-state index contributed by atoms with van der Waals surface area (Å²) in [7, 11) is -3.90. The van der Waals surface area contributed by atoms with Crippen LogP contribution in [0.4, 0.5) is 15.8 Å². The predicted molar refractivity (Wildman–Crippen MR) is 113 cm³/mol. The smallest absolute Gasteiger partial charge is 0.269 e. The van der Waals surface area contributed by atoms with Crippen LogP contribution in [0.25, 0.3) is 0 Å². The second-order valence-electron chi connectivity index (χ2n) is 7.23. The van der Waals surface area contributed by atoms with Gasteiger partial charge in [-0.3, -0.25) is 14.9 Å². The molecule has 0 saturated carbocycles. The van der Waals surface area contributed by atoms with Crippen molar-refractivity contribution in [1.82, 2.24) is 9.21 Å². The third-order valence-electron chi connectivity index (χ3n) is 5.14. The summed E-state index contributed by atoms with van der Waals surface area (Å²) in [6.07, 6.45) is 0.191. The summed E-state index contributed by atoms with van der Waals surface area (Å²) in [4.78, 5) is 24.2. The van der Waals surface area contributed by atoms with Crippen LogP contribution < -0.4 is 5.32 Å². The van der Waals surface area contributed by atoms with Crippen LogP contribution in [0.15, 0.2) is 47.4 Å². The molecule has 1 heterocycles. The number of hydrogen-bond donors (Lipinski definition) is 1. The monoisotopic (exact) mass is 450 g/mol. The lowest BCUT2D eigenvalue weighted by Gasteiger charge is -2.33. The van der Waals surface area contributed by atoms with Gasteiger partial charge in [0, 0.05) is 57.0 Å². The number of carbonyl (C=O) groups is 1. The van der Waals surface area contributed by atoms with Crippen molar-refractivity contribution in [2.75, 3.05) is 38.0 Å². The van der Waals surface area contributed by atoms with E-state index in [4.69, 9.17) is 0 Å². The number of anilines is 1. The normalized spacial score (nSPS) is 15.5. The second-order valence-corrected chi connectivity index (χ2v) is 9.14. The van der Waals surface area contributed by atoms with Crippen LogP contribution in [-0.2, 0) is 14.8 Å². The fourth-order valence-electron chi connectivity index (χ4n) is 3.36. The number of halogens is 1. The van der Waals surface area contributed by atoms with Crippen molar-refractivity contribution in [1.29, 1.82) is 0 Å². The topological polar surface area (TPSA) is 113 Å². The van der Waals surface area contributed by atoms with Crippen molar-refractivity contribution in [3.05, 3.63) is 64.0 Å². The van der Waals surface area contributed by atoms with Crippen molar-refractivity contribution in [3.8, 4) is 0 Å². The number of piperazine rings is 1. The van der Waals surface area contributed by atoms with E-state index >= 15 is 0 Å². The van der Waals surface area contributed by atoms with Crippen molar-refractivity contribution in [2.24, 2.45) is 0 Å². The first-order chi connectivity index (χ1) is 14.7. The first-order valence-corrected chi connectivity index (χ1v) is 11.1. The molecule has 3 rings (SSSR count). The van der Waals surface area contributed by atoms with Gasteiger partial charge in [0.15, 0.2) is 0 Å². The number of nitrogens with one attached hydrogen (secondary N) is 1. The number of sulfonamides is 1. The summed E-state index contributed by atoms with van der Waals surface area (Å²) in [5.74, 6) is -1.01. The maximum absolute atomic E-state index is 13.9. The van der Waals surface area contributed by atoms with Gasteiger partial charge in [0.05, 0.1) is 4.92 Å². The summed E-state index contributed by atoms with van der Waals surface area (Å²) in [5, 5.41) is 13.5. The van der Waals surface area contributed by atoms with Gasteiger partial charge in [-0.15, -0.1) is 0 Å². The molecule has 0 aromatic heterocycles. The molecule has 1 amide bonds. The molecule has 0 radical (unpaired) electrons. The molecule has 0 bridgehead atoms. The molecule has 0 atom stereocenters. The van der Waals surface area contributed by atoms with Gasteiger partial charge in [-0.05, 0) is 30.7 Å². The molecule has 1 N–H and O–H groups in total. The van der Waals surface area contributed by atoms with Gasteiger partial charge >= 0.3 is 0 Å². The lowest BCUT2D eigenvalue weighted by molar-refractivity contribution is -0.384. The third kappa shape index (κ3) is 5.43. The maximum Gasteiger partial charge on any atom is 0.269 e. The first kappa shape index (κ1) is 22.8. The number of aryl methyl sites for hydroxylation is 1. The Kier molecular flexibility index (Phi) is 6.98. The Hall–Kier alpha value is -2.89. The van der Waals surface area contributed by atoms with E-state index in [0.717, 1.165) is 6.07 Å². The highest BCUT2D eigenvalue weighted by Crippen LogP contribution is 2.22. The fraction of sp³-hybridized carbons (Fsp3) is 0.350. The molecule has 0 unspecified atom stereocenters. The molecule has 0 spiro atoms. The van der Waals surface area contributed by atoms with Crippen LogP contribution in [0.2, 0.25) is 0 Å². The summed E-state index contributed by atoms with van der Waals surface area (Å²) < 4.78 is 40.4. The van der Waals surface area contributed by atoms with Crippen LogP contribution in [0.5, 0.6) is 0 Å². The predicted octanol–water partition coefficient (Wildman–Crippen LogP) is 2.38. The molecule has 2 aromatic carbocycles. The number of rotatable bonds is 7. The van der Waals surface area contributed by atoms with Crippen LogP contribution in [0.3, 0.4) is 0 Å². The minimum atomic E-state index is -3.90. The summed E-state index contributed by atoms with van der Waals surface area (Å²) >= 11 is 0. The first-order valence-electron chi connectivity index (χ1n) is 9.70. The minimum absolute atomic E-state index is 0.0429. The second kappa shape index (κ2) is 9.50. The van der Waals surface area contributed by atoms with Crippen molar-refractivity contribution < 1.29 is 22.5 Å². The number of benzene rings is 2. The van der Waals surface area contributed by atoms with Gasteiger partial charge in [-0.1, -0.05) is 12.1 Å². The molecule has 2 aromatic rings. The minimum Gasteiger partial charge on any atom is -0.326 e. The number of amides is 1. The van der Waals surface area contributed by atoms with Crippen molar-refractivity contribution in [2.45, 2.75) is 18.2 Å². The van der Waals surface area contributed by atoms with Gasteiger partial charge in [-0.25, -0.2) is 12.8 Å². The Bertz CT molecular complexity index is 1080. The Morgan fingerprint density at radius 1 is 1.16 bits per heavy atom. The van der Waals surface area contributed by atoms with Crippen molar-refractivity contribution in [3.63, 3.8) is 0 Å². The standard InChI is InChI=1S/C20H23FN4O5S/c1-15-14-16(25(27)28)6-7-18(15)22-20(26)8-9-23-10-12-24(13-11-23)31(29,30)19-5-3-2-4-17(19)21/h2-7,14H,8-13H2,1H3,(H,22,26). The van der Waals surface area contributed by atoms with Crippen molar-refractivity contribution >= 4 is 27.3 Å². The average molecular weight is 450 g/mol. The zero-order valence-electron chi connectivity index (χ0n) is 17.0. The summed E-state index contributed by atoms with van der Waals surface area (Å²) in [5.41, 5.74) is 1.06. The molecule has 1 fully saturated rings. The average Bonchev–Trinajstić information content (AvgIpc) is 2.74. The van der Waals surface area contributed by atoms with E-state index in [1.54, 1.807) is 6.92 Å². The highest BCUT2D eigenvalue weighted by atomic mass is 32.2. The lowest BCUT2D eigenvalue weighted by atomic mass is 10.1. The van der Waals surface area contributed by atoms with Gasteiger partial charge in [0.2, 0.25) is 15.9 Å². The molecular weight excluding hydrogens is 427 g/mol. The maximum atomic E-state index is 13.9. The molecule has 166 valence electrons. The zero-order chi connectivity index (χ0) is 22.6. The quantitative estimate of drug-likeness (QED) is 0.512. The number of nitro groups is 1. The third-order valence-corrected chi connectivity index (χ3v) is 7.07. The highest BCUT2D eigenvalue weighted by molar-refractivity contribution is 7.89. The SMILES string of the molecule is Cc1cc([N+](=O)[O-])ccc1NC(=O)CCN1CCN(S(=O)(=O)c2ccccc2F)CC1.